The van der Waals surface area contributed by atoms with Crippen molar-refractivity contribution >= 4 is 71.7 Å². The Balaban J connectivity index is 1.29. The Morgan fingerprint density at radius 2 is 1.15 bits per heavy atom. The third-order valence-electron chi connectivity index (χ3n) is 9.32. The first-order chi connectivity index (χ1) is 36.3. The van der Waals surface area contributed by atoms with Gasteiger partial charge in [0.15, 0.2) is 0 Å². The Morgan fingerprint density at radius 1 is 0.382 bits per heavy atom. The summed E-state index contributed by atoms with van der Waals surface area (Å²) < 4.78 is 207. The maximum Gasteiger partial charge on any atom is 0.143 e. The molecule has 55 heavy (non-hydrogen) atoms. The fraction of sp³-hybridized carbons (Fsp3) is 0. The molecule has 0 saturated carbocycles. The van der Waals surface area contributed by atoms with Crippen molar-refractivity contribution in [2.45, 2.75) is 0 Å². The largest absolute Gasteiger partial charge is 0.455 e. The van der Waals surface area contributed by atoms with Gasteiger partial charge < -0.3 is 13.7 Å². The number of hydrogen-bond acceptors (Lipinski definition) is 3. The maximum absolute atomic E-state index is 9.60. The molecule has 0 fully saturated rings. The minimum atomic E-state index is -0.694. The number of para-hydroxylation sites is 2. The van der Waals surface area contributed by atoms with Gasteiger partial charge >= 0.3 is 0 Å². The number of fused-ring (bicyclic) bond motifs is 8. The van der Waals surface area contributed by atoms with E-state index in [1.165, 1.54) is 59.5 Å². The van der Waals surface area contributed by atoms with Crippen LogP contribution in [0.15, 0.2) is 208 Å². The molecule has 0 unspecified atom stereocenters. The molecule has 0 bridgehead atoms. The molecule has 0 amide bonds. The molecule has 0 atom stereocenters. The van der Waals surface area contributed by atoms with Gasteiger partial charge in [-0.2, -0.15) is 0 Å². The molecule has 9 aromatic carbocycles. The lowest BCUT2D eigenvalue weighted by Gasteiger charge is -2.26. The summed E-state index contributed by atoms with van der Waals surface area (Å²) in [6, 6.07) is 3.43. The molecule has 3 nitrogen and oxygen atoms in total. The van der Waals surface area contributed by atoms with Crippen LogP contribution >= 0.6 is 0 Å². The Hall–Kier alpha value is -7.36. The number of hydrogen-bond donors (Lipinski definition) is 0. The lowest BCUT2D eigenvalue weighted by Crippen LogP contribution is -2.10. The lowest BCUT2D eigenvalue weighted by atomic mass is 9.94. The maximum atomic E-state index is 9.60. The molecular formula is C52H33NO2. The van der Waals surface area contributed by atoms with E-state index in [9.17, 15) is 9.60 Å². The third kappa shape index (κ3) is 5.13. The van der Waals surface area contributed by atoms with E-state index >= 15 is 0 Å². The molecule has 0 saturated heterocycles. The van der Waals surface area contributed by atoms with Crippen LogP contribution in [0.1, 0.15) is 30.2 Å². The summed E-state index contributed by atoms with van der Waals surface area (Å²) in [4.78, 5) is 1.30. The topological polar surface area (TPSA) is 29.5 Å². The van der Waals surface area contributed by atoms with E-state index in [-0.39, 0.29) is 135 Å². The van der Waals surface area contributed by atoms with E-state index < -0.39 is 103 Å². The zero-order valence-electron chi connectivity index (χ0n) is 50.1. The molecule has 0 aliphatic heterocycles. The molecule has 11 aromatic rings. The molecule has 0 N–H and O–H groups in total. The normalized spacial score (nSPS) is 17.2. The summed E-state index contributed by atoms with van der Waals surface area (Å²) in [6.07, 6.45) is 0. The SMILES string of the molecule is [2H]c1cc([2H])c([2H])c(-c2ccc(N(c3cc([2H])c(-c4c([2H])cc([2H])c([2H])c4[2H])cc3[2H])c3cc([2H])c([2H])c4oc5c(cc(-c6c([2H])c([2H])c([2H])c7c6oc6c([2H])c([2H])c([2H])c([2H])c67)c6cc([2H])c([2H])c([2H])c65)c34)c([2H])c2)c1. The quantitative estimate of drug-likeness (QED) is 0.171. The van der Waals surface area contributed by atoms with Crippen LogP contribution in [0, 0.1) is 0 Å². The van der Waals surface area contributed by atoms with Crippen molar-refractivity contribution in [3.8, 4) is 33.4 Å². The Bertz CT molecular complexity index is 4510. The molecule has 3 heteroatoms. The second-order valence-corrected chi connectivity index (χ2v) is 12.4. The van der Waals surface area contributed by atoms with Crippen LogP contribution in [0.4, 0.5) is 17.1 Å². The number of anilines is 3. The summed E-state index contributed by atoms with van der Waals surface area (Å²) in [6.45, 7) is 0. The van der Waals surface area contributed by atoms with Crippen molar-refractivity contribution in [3.05, 3.63) is 200 Å². The van der Waals surface area contributed by atoms with E-state index in [0.29, 0.717) is 0 Å². The van der Waals surface area contributed by atoms with Gasteiger partial charge in [0, 0.05) is 38.5 Å². The lowest BCUT2D eigenvalue weighted by molar-refractivity contribution is 0.670. The number of nitrogens with zero attached hydrogens (tertiary/aromatic N) is 1. The second-order valence-electron chi connectivity index (χ2n) is 12.4. The number of rotatable bonds is 6. The zero-order valence-corrected chi connectivity index (χ0v) is 28.1. The van der Waals surface area contributed by atoms with Gasteiger partial charge in [0.2, 0.25) is 0 Å². The van der Waals surface area contributed by atoms with Crippen LogP contribution in [0.3, 0.4) is 0 Å². The van der Waals surface area contributed by atoms with E-state index in [2.05, 4.69) is 0 Å². The summed E-state index contributed by atoms with van der Waals surface area (Å²) in [5.74, 6) is 0. The second kappa shape index (κ2) is 12.6. The highest BCUT2D eigenvalue weighted by Crippen LogP contribution is 2.48. The summed E-state index contributed by atoms with van der Waals surface area (Å²) >= 11 is 0. The molecule has 258 valence electrons. The highest BCUT2D eigenvalue weighted by Gasteiger charge is 2.23. The van der Waals surface area contributed by atoms with E-state index in [0.717, 1.165) is 12.1 Å². The molecule has 0 aliphatic carbocycles. The van der Waals surface area contributed by atoms with E-state index in [1.807, 2.05) is 0 Å². The van der Waals surface area contributed by atoms with Crippen molar-refractivity contribution in [3.63, 3.8) is 0 Å². The van der Waals surface area contributed by atoms with Crippen LogP contribution in [0.25, 0.3) is 88.0 Å². The van der Waals surface area contributed by atoms with Gasteiger partial charge in [-0.15, -0.1) is 0 Å². The van der Waals surface area contributed by atoms with Crippen LogP contribution in [0.2, 0.25) is 0 Å². The molecular weight excluding hydrogens is 671 g/mol. The van der Waals surface area contributed by atoms with Crippen molar-refractivity contribution in [2.24, 2.45) is 0 Å². The summed E-state index contributed by atoms with van der Waals surface area (Å²) in [7, 11) is 0. The smallest absolute Gasteiger partial charge is 0.143 e. The van der Waals surface area contributed by atoms with Crippen molar-refractivity contribution in [1.82, 2.24) is 0 Å². The molecule has 2 aromatic heterocycles. The standard InChI is InChI=1S/C52H33NO2/c1-3-13-34(14-4-1)36-25-29-38(30-26-36)53(39-31-27-37(28-32-39)35-15-5-2-6-16-35)47-22-12-24-49-50(47)46-33-45(40-17-7-8-19-42(40)52(46)55-49)44-21-11-20-43-41-18-9-10-23-48(41)54-51(43)44/h1-33H/i1D,3D,5D,6D,7D,8D,9D,10D,11D,12D,13D,14D,15D,18D,19D,20D,21D,23D,24D,25D,30D,31D. The van der Waals surface area contributed by atoms with Gasteiger partial charge in [-0.05, 0) is 81.6 Å². The summed E-state index contributed by atoms with van der Waals surface area (Å²) in [5, 5.41) is -0.768. The Labute approximate surface area is 348 Å². The fourth-order valence-electron chi connectivity index (χ4n) is 6.87. The third-order valence-corrected chi connectivity index (χ3v) is 9.32. The number of furan rings is 2. The zero-order chi connectivity index (χ0) is 55.4. The highest BCUT2D eigenvalue weighted by molar-refractivity contribution is 6.24. The highest BCUT2D eigenvalue weighted by atomic mass is 16.3. The van der Waals surface area contributed by atoms with Gasteiger partial charge in [0.1, 0.15) is 22.3 Å². The van der Waals surface area contributed by atoms with Crippen LogP contribution in [-0.4, -0.2) is 0 Å². The number of benzene rings is 9. The van der Waals surface area contributed by atoms with Crippen molar-refractivity contribution in [2.75, 3.05) is 4.90 Å². The van der Waals surface area contributed by atoms with Crippen LogP contribution in [-0.2, 0) is 0 Å². The monoisotopic (exact) mass is 725 g/mol. The van der Waals surface area contributed by atoms with E-state index in [4.69, 9.17) is 29.4 Å². The predicted molar refractivity (Wildman–Crippen MR) is 229 cm³/mol. The molecule has 11 rings (SSSR count). The van der Waals surface area contributed by atoms with Crippen LogP contribution in [0.5, 0.6) is 0 Å². The van der Waals surface area contributed by atoms with Gasteiger partial charge in [-0.3, -0.25) is 0 Å². The predicted octanol–water partition coefficient (Wildman–Crippen LogP) is 15.1. The Kier molecular flexibility index (Phi) is 3.76. The first kappa shape index (κ1) is 16.3. The molecule has 2 heterocycles. The Morgan fingerprint density at radius 3 is 2.13 bits per heavy atom. The minimum absolute atomic E-state index is 0.0151. The van der Waals surface area contributed by atoms with Crippen LogP contribution < -0.4 is 4.90 Å². The minimum Gasteiger partial charge on any atom is -0.455 e. The molecule has 0 aliphatic rings. The first-order valence-electron chi connectivity index (χ1n) is 27.8. The van der Waals surface area contributed by atoms with Crippen molar-refractivity contribution < 1.29 is 39.0 Å². The summed E-state index contributed by atoms with van der Waals surface area (Å²) in [5.41, 5.74) is -1.87. The average Bonchev–Trinajstić information content (AvgIpc) is 4.20. The van der Waals surface area contributed by atoms with Gasteiger partial charge in [0.25, 0.3) is 0 Å². The average molecular weight is 726 g/mol. The van der Waals surface area contributed by atoms with Gasteiger partial charge in [0.05, 0.1) is 41.2 Å². The fourth-order valence-corrected chi connectivity index (χ4v) is 6.87. The van der Waals surface area contributed by atoms with E-state index in [1.54, 1.807) is 0 Å². The molecule has 0 spiro atoms. The van der Waals surface area contributed by atoms with Gasteiger partial charge in [-0.1, -0.05) is 151 Å². The van der Waals surface area contributed by atoms with Crippen molar-refractivity contribution in [1.29, 1.82) is 0 Å². The molecule has 0 radical (unpaired) electrons. The first-order valence-corrected chi connectivity index (χ1v) is 16.8. The van der Waals surface area contributed by atoms with Gasteiger partial charge in [-0.25, -0.2) is 0 Å².